The molecule has 1 heterocycles. The van der Waals surface area contributed by atoms with Crippen molar-refractivity contribution in [1.82, 2.24) is 10.2 Å². The minimum Gasteiger partial charge on any atom is -0.387 e. The first-order valence-corrected chi connectivity index (χ1v) is 7.68. The van der Waals surface area contributed by atoms with E-state index in [2.05, 4.69) is 5.32 Å². The lowest BCUT2D eigenvalue weighted by atomic mass is 9.91. The zero-order chi connectivity index (χ0) is 16.5. The van der Waals surface area contributed by atoms with Crippen LogP contribution in [-0.2, 0) is 4.79 Å². The number of benzene rings is 1. The van der Waals surface area contributed by atoms with Crippen molar-refractivity contribution >= 4 is 23.5 Å². The number of rotatable bonds is 5. The van der Waals surface area contributed by atoms with E-state index in [1.54, 1.807) is 31.2 Å². The number of amides is 3. The highest BCUT2D eigenvalue weighted by atomic mass is 35.5. The molecule has 0 radical (unpaired) electrons. The average molecular weight is 325 g/mol. The Labute approximate surface area is 135 Å². The summed E-state index contributed by atoms with van der Waals surface area (Å²) >= 11 is 5.89. The summed E-state index contributed by atoms with van der Waals surface area (Å²) in [5.41, 5.74) is -0.329. The predicted octanol–water partition coefficient (Wildman–Crippen LogP) is 2.73. The Kier molecular flexibility index (Phi) is 4.78. The van der Waals surface area contributed by atoms with Crippen molar-refractivity contribution in [3.63, 3.8) is 0 Å². The highest BCUT2D eigenvalue weighted by molar-refractivity contribution is 6.30. The second-order valence-corrected chi connectivity index (χ2v) is 6.78. The fourth-order valence-corrected chi connectivity index (χ4v) is 3.06. The molecule has 1 fully saturated rings. The molecule has 2 unspecified atom stereocenters. The number of nitrogens with one attached hydrogen (secondary N) is 1. The van der Waals surface area contributed by atoms with Gasteiger partial charge in [0.15, 0.2) is 0 Å². The zero-order valence-electron chi connectivity index (χ0n) is 13.0. The van der Waals surface area contributed by atoms with Crippen molar-refractivity contribution in [2.75, 3.05) is 6.54 Å². The van der Waals surface area contributed by atoms with Crippen molar-refractivity contribution in [3.05, 3.63) is 34.9 Å². The van der Waals surface area contributed by atoms with Crippen LogP contribution in [0.15, 0.2) is 24.3 Å². The maximum Gasteiger partial charge on any atom is 0.325 e. The summed E-state index contributed by atoms with van der Waals surface area (Å²) < 4.78 is 0. The molecular weight excluding hydrogens is 304 g/mol. The number of carbonyl (C=O) groups excluding carboxylic acids is 2. The average Bonchev–Trinajstić information content (AvgIpc) is 2.61. The minimum atomic E-state index is -0.963. The van der Waals surface area contributed by atoms with E-state index in [-0.39, 0.29) is 18.4 Å². The van der Waals surface area contributed by atoms with E-state index in [0.717, 1.165) is 4.90 Å². The van der Waals surface area contributed by atoms with Gasteiger partial charge in [0.2, 0.25) is 0 Å². The third-order valence-corrected chi connectivity index (χ3v) is 3.99. The molecule has 2 N–H and O–H groups in total. The van der Waals surface area contributed by atoms with E-state index < -0.39 is 17.7 Å². The van der Waals surface area contributed by atoms with Crippen LogP contribution >= 0.6 is 11.6 Å². The smallest absolute Gasteiger partial charge is 0.325 e. The molecule has 1 saturated heterocycles. The molecule has 0 saturated carbocycles. The third kappa shape index (κ3) is 3.42. The molecule has 1 aliphatic heterocycles. The lowest BCUT2D eigenvalue weighted by Gasteiger charge is -2.24. The number of nitrogens with zero attached hydrogens (tertiary/aromatic N) is 1. The van der Waals surface area contributed by atoms with Crippen LogP contribution < -0.4 is 5.32 Å². The van der Waals surface area contributed by atoms with Crippen molar-refractivity contribution in [3.8, 4) is 0 Å². The first-order chi connectivity index (χ1) is 10.2. The zero-order valence-corrected chi connectivity index (χ0v) is 13.7. The second-order valence-electron chi connectivity index (χ2n) is 6.35. The molecule has 1 aliphatic rings. The SMILES string of the molecule is CC(C)CC1(C)NC(=O)N(CC(O)c2cccc(Cl)c2)C1=O. The maximum absolute atomic E-state index is 12.5. The molecule has 0 aromatic heterocycles. The number of hydrogen-bond donors (Lipinski definition) is 2. The molecular formula is C16H21ClN2O3. The molecule has 2 rings (SSSR count). The maximum atomic E-state index is 12.5. The van der Waals surface area contributed by atoms with E-state index in [4.69, 9.17) is 11.6 Å². The highest BCUT2D eigenvalue weighted by Crippen LogP contribution is 2.27. The van der Waals surface area contributed by atoms with Gasteiger partial charge >= 0.3 is 6.03 Å². The quantitative estimate of drug-likeness (QED) is 0.818. The number of aliphatic hydroxyl groups excluding tert-OH is 1. The van der Waals surface area contributed by atoms with Crippen LogP contribution in [0, 0.1) is 5.92 Å². The minimum absolute atomic E-state index is 0.0846. The van der Waals surface area contributed by atoms with Gasteiger partial charge in [-0.2, -0.15) is 0 Å². The molecule has 1 aromatic carbocycles. The molecule has 120 valence electrons. The lowest BCUT2D eigenvalue weighted by molar-refractivity contribution is -0.132. The summed E-state index contributed by atoms with van der Waals surface area (Å²) in [6.45, 7) is 5.63. The van der Waals surface area contributed by atoms with Gasteiger partial charge in [-0.1, -0.05) is 37.6 Å². The summed E-state index contributed by atoms with van der Waals surface area (Å²) in [4.78, 5) is 25.7. The van der Waals surface area contributed by atoms with E-state index >= 15 is 0 Å². The van der Waals surface area contributed by atoms with Crippen LogP contribution in [0.5, 0.6) is 0 Å². The van der Waals surface area contributed by atoms with Gasteiger partial charge in [-0.25, -0.2) is 4.79 Å². The van der Waals surface area contributed by atoms with Crippen LogP contribution in [0.3, 0.4) is 0 Å². The van der Waals surface area contributed by atoms with E-state index in [9.17, 15) is 14.7 Å². The monoisotopic (exact) mass is 324 g/mol. The molecule has 0 bridgehead atoms. The Morgan fingerprint density at radius 2 is 2.05 bits per heavy atom. The highest BCUT2D eigenvalue weighted by Gasteiger charge is 2.48. The molecule has 0 spiro atoms. The molecule has 22 heavy (non-hydrogen) atoms. The summed E-state index contributed by atoms with van der Waals surface area (Å²) in [5, 5.41) is 13.5. The molecule has 0 aliphatic carbocycles. The van der Waals surface area contributed by atoms with Gasteiger partial charge < -0.3 is 10.4 Å². The van der Waals surface area contributed by atoms with Gasteiger partial charge in [0.05, 0.1) is 12.6 Å². The number of carbonyl (C=O) groups is 2. The van der Waals surface area contributed by atoms with Crippen molar-refractivity contribution in [2.45, 2.75) is 38.8 Å². The number of hydrogen-bond acceptors (Lipinski definition) is 3. The van der Waals surface area contributed by atoms with Crippen molar-refractivity contribution < 1.29 is 14.7 Å². The Morgan fingerprint density at radius 3 is 2.64 bits per heavy atom. The van der Waals surface area contributed by atoms with Gasteiger partial charge in [0.25, 0.3) is 5.91 Å². The van der Waals surface area contributed by atoms with Crippen molar-refractivity contribution in [1.29, 1.82) is 0 Å². The predicted molar refractivity (Wildman–Crippen MR) is 84.5 cm³/mol. The van der Waals surface area contributed by atoms with Crippen LogP contribution in [0.1, 0.15) is 38.9 Å². The van der Waals surface area contributed by atoms with Crippen LogP contribution in [0.4, 0.5) is 4.79 Å². The Bertz CT molecular complexity index is 591. The van der Waals surface area contributed by atoms with E-state index in [1.165, 1.54) is 0 Å². The molecule has 2 atom stereocenters. The van der Waals surface area contributed by atoms with Crippen LogP contribution in [0.25, 0.3) is 0 Å². The van der Waals surface area contributed by atoms with Gasteiger partial charge in [-0.05, 0) is 37.0 Å². The number of β-amino-alcohol motifs (C(OH)–C–C–N with tert-alkyl or cyclic N) is 1. The van der Waals surface area contributed by atoms with Crippen LogP contribution in [0.2, 0.25) is 5.02 Å². The van der Waals surface area contributed by atoms with Gasteiger partial charge in [0, 0.05) is 5.02 Å². The van der Waals surface area contributed by atoms with Crippen molar-refractivity contribution in [2.24, 2.45) is 5.92 Å². The summed E-state index contributed by atoms with van der Waals surface area (Å²) in [6, 6.07) is 6.29. The van der Waals surface area contributed by atoms with Gasteiger partial charge in [-0.15, -0.1) is 0 Å². The number of aliphatic hydroxyl groups is 1. The molecule has 5 nitrogen and oxygen atoms in total. The fourth-order valence-electron chi connectivity index (χ4n) is 2.86. The first-order valence-electron chi connectivity index (χ1n) is 7.30. The normalized spacial score (nSPS) is 23.1. The topological polar surface area (TPSA) is 69.6 Å². The number of imide groups is 1. The third-order valence-electron chi connectivity index (χ3n) is 3.75. The molecule has 3 amide bonds. The standard InChI is InChI=1S/C16H21ClN2O3/c1-10(2)8-16(3)14(21)19(15(22)18-16)9-13(20)11-5-4-6-12(17)7-11/h4-7,10,13,20H,8-9H2,1-3H3,(H,18,22). The Balaban J connectivity index is 2.13. The summed E-state index contributed by atoms with van der Waals surface area (Å²) in [7, 11) is 0. The largest absolute Gasteiger partial charge is 0.387 e. The van der Waals surface area contributed by atoms with Gasteiger partial charge in [-0.3, -0.25) is 9.69 Å². The van der Waals surface area contributed by atoms with E-state index in [0.29, 0.717) is 17.0 Å². The van der Waals surface area contributed by atoms with Gasteiger partial charge in [0.1, 0.15) is 5.54 Å². The van der Waals surface area contributed by atoms with Crippen LogP contribution in [-0.4, -0.2) is 34.0 Å². The molecule has 1 aromatic rings. The first kappa shape index (κ1) is 16.8. The Hall–Kier alpha value is -1.59. The Morgan fingerprint density at radius 1 is 1.36 bits per heavy atom. The summed E-state index contributed by atoms with van der Waals surface area (Å²) in [6.07, 6.45) is -0.406. The fraction of sp³-hybridized carbons (Fsp3) is 0.500. The number of halogens is 1. The second kappa shape index (κ2) is 6.26. The lowest BCUT2D eigenvalue weighted by Crippen LogP contribution is -2.45. The number of urea groups is 1. The molecule has 6 heteroatoms. The summed E-state index contributed by atoms with van der Waals surface area (Å²) in [5.74, 6) is -0.0284. The van der Waals surface area contributed by atoms with E-state index in [1.807, 2.05) is 13.8 Å².